The molecule has 1 aromatic heterocycles. The van der Waals surface area contributed by atoms with Gasteiger partial charge in [-0.2, -0.15) is 10.1 Å². The highest BCUT2D eigenvalue weighted by molar-refractivity contribution is 5.88. The minimum absolute atomic E-state index is 0.111. The van der Waals surface area contributed by atoms with Gasteiger partial charge in [-0.1, -0.05) is 18.2 Å². The van der Waals surface area contributed by atoms with Crippen molar-refractivity contribution in [2.75, 3.05) is 29.6 Å². The predicted molar refractivity (Wildman–Crippen MR) is 109 cm³/mol. The minimum atomic E-state index is -0.111. The van der Waals surface area contributed by atoms with Crippen LogP contribution in [0.15, 0.2) is 54.7 Å². The fourth-order valence-electron chi connectivity index (χ4n) is 2.65. The maximum atomic E-state index is 11.1. The van der Waals surface area contributed by atoms with Gasteiger partial charge in [-0.25, -0.2) is 0 Å². The molecule has 3 N–H and O–H groups in total. The first-order valence-corrected chi connectivity index (χ1v) is 8.84. The fourth-order valence-corrected chi connectivity index (χ4v) is 2.65. The molecule has 0 unspecified atom stereocenters. The van der Waals surface area contributed by atoms with E-state index >= 15 is 0 Å². The van der Waals surface area contributed by atoms with Gasteiger partial charge in [0.25, 0.3) is 0 Å². The SMILES string of the molecule is COc1ccccc1CCNc1cnnc(Nc2ccc(NC(C)=O)cc2)n1. The second-order valence-corrected chi connectivity index (χ2v) is 6.04. The summed E-state index contributed by atoms with van der Waals surface area (Å²) in [5.41, 5.74) is 2.64. The van der Waals surface area contributed by atoms with Crippen molar-refractivity contribution in [2.45, 2.75) is 13.3 Å². The normalized spacial score (nSPS) is 10.2. The average Bonchev–Trinajstić information content (AvgIpc) is 2.70. The number of rotatable bonds is 8. The van der Waals surface area contributed by atoms with Crippen molar-refractivity contribution in [2.24, 2.45) is 0 Å². The molecule has 28 heavy (non-hydrogen) atoms. The molecule has 0 fully saturated rings. The summed E-state index contributed by atoms with van der Waals surface area (Å²) in [5, 5.41) is 17.0. The molecule has 0 spiro atoms. The highest BCUT2D eigenvalue weighted by atomic mass is 16.5. The number of carbonyl (C=O) groups is 1. The fraction of sp³-hybridized carbons (Fsp3) is 0.200. The van der Waals surface area contributed by atoms with Gasteiger partial charge in [0, 0.05) is 24.8 Å². The van der Waals surface area contributed by atoms with Gasteiger partial charge in [0.15, 0.2) is 5.82 Å². The zero-order valence-corrected chi connectivity index (χ0v) is 15.8. The lowest BCUT2D eigenvalue weighted by molar-refractivity contribution is -0.114. The highest BCUT2D eigenvalue weighted by Gasteiger charge is 2.04. The van der Waals surface area contributed by atoms with Gasteiger partial charge >= 0.3 is 0 Å². The Morgan fingerprint density at radius 3 is 2.57 bits per heavy atom. The van der Waals surface area contributed by atoms with E-state index in [1.807, 2.05) is 36.4 Å². The number of carbonyl (C=O) groups excluding carboxylic acids is 1. The van der Waals surface area contributed by atoms with Crippen LogP contribution in [0.1, 0.15) is 12.5 Å². The van der Waals surface area contributed by atoms with Crippen LogP contribution in [0, 0.1) is 0 Å². The standard InChI is InChI=1S/C20H22N6O2/c1-14(27)23-16-7-9-17(10-8-16)24-20-25-19(13-22-26-20)21-12-11-15-5-3-4-6-18(15)28-2/h3-10,13H,11-12H2,1-2H3,(H,23,27)(H2,21,24,25,26). The van der Waals surface area contributed by atoms with E-state index in [4.69, 9.17) is 4.74 Å². The van der Waals surface area contributed by atoms with Crippen LogP contribution in [0.25, 0.3) is 0 Å². The third-order valence-corrected chi connectivity index (χ3v) is 3.91. The number of para-hydroxylation sites is 1. The van der Waals surface area contributed by atoms with Crippen molar-refractivity contribution in [3.05, 3.63) is 60.3 Å². The van der Waals surface area contributed by atoms with Crippen LogP contribution in [0.4, 0.5) is 23.1 Å². The maximum absolute atomic E-state index is 11.1. The molecule has 2 aromatic carbocycles. The van der Waals surface area contributed by atoms with Crippen molar-refractivity contribution in [1.29, 1.82) is 0 Å². The third kappa shape index (κ3) is 5.41. The van der Waals surface area contributed by atoms with E-state index in [2.05, 4.69) is 31.1 Å². The number of anilines is 4. The molecule has 8 heteroatoms. The molecule has 0 bridgehead atoms. The molecule has 1 heterocycles. The van der Waals surface area contributed by atoms with E-state index in [1.165, 1.54) is 6.92 Å². The number of hydrogen-bond donors (Lipinski definition) is 3. The molecular weight excluding hydrogens is 356 g/mol. The van der Waals surface area contributed by atoms with E-state index < -0.39 is 0 Å². The van der Waals surface area contributed by atoms with Crippen LogP contribution in [0.2, 0.25) is 0 Å². The van der Waals surface area contributed by atoms with Crippen LogP contribution in [-0.4, -0.2) is 34.7 Å². The predicted octanol–water partition coefficient (Wildman–Crippen LogP) is 3.24. The Morgan fingerprint density at radius 2 is 1.82 bits per heavy atom. The molecule has 3 aromatic rings. The molecule has 0 saturated heterocycles. The lowest BCUT2D eigenvalue weighted by Gasteiger charge is -2.10. The number of methoxy groups -OCH3 is 1. The summed E-state index contributed by atoms with van der Waals surface area (Å²) in [7, 11) is 1.67. The molecule has 0 aliphatic heterocycles. The van der Waals surface area contributed by atoms with Gasteiger partial charge in [-0.3, -0.25) is 4.79 Å². The van der Waals surface area contributed by atoms with E-state index in [0.717, 1.165) is 29.1 Å². The average molecular weight is 378 g/mol. The third-order valence-electron chi connectivity index (χ3n) is 3.91. The lowest BCUT2D eigenvalue weighted by atomic mass is 10.1. The first-order valence-electron chi connectivity index (χ1n) is 8.84. The number of aromatic nitrogens is 3. The molecule has 1 amide bonds. The molecule has 0 aliphatic carbocycles. The van der Waals surface area contributed by atoms with Crippen LogP contribution < -0.4 is 20.7 Å². The molecule has 0 radical (unpaired) electrons. The van der Waals surface area contributed by atoms with Gasteiger partial charge < -0.3 is 20.7 Å². The topological polar surface area (TPSA) is 101 Å². The summed E-state index contributed by atoms with van der Waals surface area (Å²) in [5.74, 6) is 1.77. The summed E-state index contributed by atoms with van der Waals surface area (Å²) < 4.78 is 5.36. The molecule has 3 rings (SSSR count). The van der Waals surface area contributed by atoms with Crippen LogP contribution in [0.5, 0.6) is 5.75 Å². The maximum Gasteiger partial charge on any atom is 0.249 e. The Kier molecular flexibility index (Phi) is 6.35. The Bertz CT molecular complexity index is 930. The summed E-state index contributed by atoms with van der Waals surface area (Å²) in [6.45, 7) is 2.15. The first-order chi connectivity index (χ1) is 13.6. The Labute approximate surface area is 163 Å². The van der Waals surface area contributed by atoms with Gasteiger partial charge in [0.2, 0.25) is 11.9 Å². The summed E-state index contributed by atoms with van der Waals surface area (Å²) in [6, 6.07) is 15.2. The van der Waals surface area contributed by atoms with E-state index in [1.54, 1.807) is 25.4 Å². The molecule has 0 atom stereocenters. The number of nitrogens with one attached hydrogen (secondary N) is 3. The lowest BCUT2D eigenvalue weighted by Crippen LogP contribution is -2.09. The molecule has 144 valence electrons. The monoisotopic (exact) mass is 378 g/mol. The van der Waals surface area contributed by atoms with Crippen molar-refractivity contribution < 1.29 is 9.53 Å². The van der Waals surface area contributed by atoms with Gasteiger partial charge in [-0.05, 0) is 42.3 Å². The van der Waals surface area contributed by atoms with Gasteiger partial charge in [0.05, 0.1) is 13.3 Å². The largest absolute Gasteiger partial charge is 0.496 e. The smallest absolute Gasteiger partial charge is 0.249 e. The van der Waals surface area contributed by atoms with Crippen LogP contribution >= 0.6 is 0 Å². The van der Waals surface area contributed by atoms with Crippen molar-refractivity contribution in [3.8, 4) is 5.75 Å². The second kappa shape index (κ2) is 9.31. The summed E-state index contributed by atoms with van der Waals surface area (Å²) in [4.78, 5) is 15.5. The van der Waals surface area contributed by atoms with E-state index in [9.17, 15) is 4.79 Å². The minimum Gasteiger partial charge on any atom is -0.496 e. The first kappa shape index (κ1) is 19.1. The number of hydrogen-bond acceptors (Lipinski definition) is 7. The molecule has 8 nitrogen and oxygen atoms in total. The van der Waals surface area contributed by atoms with Crippen molar-refractivity contribution >= 4 is 29.0 Å². The number of ether oxygens (including phenoxy) is 1. The molecular formula is C20H22N6O2. The second-order valence-electron chi connectivity index (χ2n) is 6.04. The zero-order chi connectivity index (χ0) is 19.8. The number of nitrogens with zero attached hydrogens (tertiary/aromatic N) is 3. The quantitative estimate of drug-likeness (QED) is 0.553. The van der Waals surface area contributed by atoms with E-state index in [0.29, 0.717) is 18.3 Å². The van der Waals surface area contributed by atoms with E-state index in [-0.39, 0.29) is 5.91 Å². The van der Waals surface area contributed by atoms with Crippen molar-refractivity contribution in [1.82, 2.24) is 15.2 Å². The number of benzene rings is 2. The van der Waals surface area contributed by atoms with Crippen LogP contribution in [0.3, 0.4) is 0 Å². The summed E-state index contributed by atoms with van der Waals surface area (Å²) in [6.07, 6.45) is 2.37. The highest BCUT2D eigenvalue weighted by Crippen LogP contribution is 2.19. The Hall–Kier alpha value is -3.68. The van der Waals surface area contributed by atoms with Crippen LogP contribution in [-0.2, 0) is 11.2 Å². The van der Waals surface area contributed by atoms with Gasteiger partial charge in [0.1, 0.15) is 5.75 Å². The molecule has 0 saturated carbocycles. The van der Waals surface area contributed by atoms with Crippen molar-refractivity contribution in [3.63, 3.8) is 0 Å². The molecule has 0 aliphatic rings. The Morgan fingerprint density at radius 1 is 1.07 bits per heavy atom. The summed E-state index contributed by atoms with van der Waals surface area (Å²) >= 11 is 0. The zero-order valence-electron chi connectivity index (χ0n) is 15.8. The van der Waals surface area contributed by atoms with Gasteiger partial charge in [-0.15, -0.1) is 5.10 Å². The number of amides is 1. The Balaban J connectivity index is 1.57.